The van der Waals surface area contributed by atoms with Crippen molar-refractivity contribution in [1.82, 2.24) is 10.6 Å². The molecular weight excluding hydrogens is 539 g/mol. The molecule has 0 heterocycles. The molecule has 37 heavy (non-hydrogen) atoms. The van der Waals surface area contributed by atoms with E-state index in [1.54, 1.807) is 36.4 Å². The number of amides is 1. The highest BCUT2D eigenvalue weighted by molar-refractivity contribution is 7.91. The Morgan fingerprint density at radius 3 is 2.30 bits per heavy atom. The molecule has 0 fully saturated rings. The van der Waals surface area contributed by atoms with E-state index < -0.39 is 33.9 Å². The molecule has 0 saturated heterocycles. The van der Waals surface area contributed by atoms with E-state index in [0.29, 0.717) is 24.5 Å². The third kappa shape index (κ3) is 8.28. The standard InChI is InChI=1S/C26H27ClN2O6S.ClH/c1-17(26(32)33)29-25(31)20-5-3-7-23(15-20)36(34,35)22-10-8-18(9-11-22)12-13-28-16-24(30)19-4-2-6-21(27)14-19;/h2-11,14-15,17,24,28,30H,12-13,16H2,1H3,(H,29,31)(H,32,33);1H/t17-,24+;/m0./s1. The normalized spacial score (nSPS) is 12.7. The largest absolute Gasteiger partial charge is 0.480 e. The molecule has 0 saturated carbocycles. The summed E-state index contributed by atoms with van der Waals surface area (Å²) < 4.78 is 26.1. The number of hydrogen-bond acceptors (Lipinski definition) is 6. The van der Waals surface area contributed by atoms with Crippen LogP contribution in [-0.2, 0) is 21.1 Å². The van der Waals surface area contributed by atoms with Gasteiger partial charge in [-0.05, 0) is 73.5 Å². The average Bonchev–Trinajstić information content (AvgIpc) is 2.86. The topological polar surface area (TPSA) is 133 Å². The van der Waals surface area contributed by atoms with E-state index in [1.165, 1.54) is 43.3 Å². The average molecular weight is 567 g/mol. The number of carbonyl (C=O) groups is 2. The number of aliphatic hydroxyl groups excluding tert-OH is 1. The summed E-state index contributed by atoms with van der Waals surface area (Å²) in [5.41, 5.74) is 1.68. The predicted molar refractivity (Wildman–Crippen MR) is 143 cm³/mol. The first kappa shape index (κ1) is 30.3. The van der Waals surface area contributed by atoms with Gasteiger partial charge < -0.3 is 20.8 Å². The van der Waals surface area contributed by atoms with Crippen LogP contribution in [0.5, 0.6) is 0 Å². The summed E-state index contributed by atoms with van der Waals surface area (Å²) in [5, 5.41) is 25.2. The van der Waals surface area contributed by atoms with Crippen molar-refractivity contribution in [1.29, 1.82) is 0 Å². The van der Waals surface area contributed by atoms with E-state index in [9.17, 15) is 23.1 Å². The van der Waals surface area contributed by atoms with Crippen LogP contribution in [0.25, 0.3) is 0 Å². The van der Waals surface area contributed by atoms with Gasteiger partial charge in [0.05, 0.1) is 15.9 Å². The zero-order chi connectivity index (χ0) is 26.3. The Labute approximate surface area is 227 Å². The molecule has 0 aromatic heterocycles. The number of aliphatic carboxylic acids is 1. The maximum atomic E-state index is 13.1. The third-order valence-corrected chi connectivity index (χ3v) is 7.52. The highest BCUT2D eigenvalue weighted by atomic mass is 35.5. The van der Waals surface area contributed by atoms with Crippen LogP contribution >= 0.6 is 24.0 Å². The molecule has 0 radical (unpaired) electrons. The van der Waals surface area contributed by atoms with Crippen LogP contribution in [0, 0.1) is 0 Å². The first-order valence-electron chi connectivity index (χ1n) is 11.2. The molecule has 0 aliphatic carbocycles. The number of hydrogen-bond donors (Lipinski definition) is 4. The maximum Gasteiger partial charge on any atom is 0.325 e. The minimum atomic E-state index is -3.88. The van der Waals surface area contributed by atoms with Crippen molar-refractivity contribution in [2.24, 2.45) is 0 Å². The van der Waals surface area contributed by atoms with Crippen LogP contribution in [-0.4, -0.2) is 49.6 Å². The molecule has 0 spiro atoms. The van der Waals surface area contributed by atoms with Gasteiger partial charge >= 0.3 is 5.97 Å². The minimum Gasteiger partial charge on any atom is -0.480 e. The second-order valence-electron chi connectivity index (χ2n) is 8.23. The van der Waals surface area contributed by atoms with Crippen LogP contribution < -0.4 is 10.6 Å². The molecule has 11 heteroatoms. The van der Waals surface area contributed by atoms with Gasteiger partial charge in [0.1, 0.15) is 6.04 Å². The quantitative estimate of drug-likeness (QED) is 0.260. The molecule has 0 unspecified atom stereocenters. The second kappa shape index (κ2) is 13.6. The first-order valence-corrected chi connectivity index (χ1v) is 13.1. The molecule has 198 valence electrons. The summed E-state index contributed by atoms with van der Waals surface area (Å²) >= 11 is 5.95. The summed E-state index contributed by atoms with van der Waals surface area (Å²) in [6.07, 6.45) is -0.0681. The van der Waals surface area contributed by atoms with Gasteiger partial charge in [0.25, 0.3) is 5.91 Å². The van der Waals surface area contributed by atoms with Crippen molar-refractivity contribution in [3.63, 3.8) is 0 Å². The van der Waals surface area contributed by atoms with Crippen molar-refractivity contribution in [2.45, 2.75) is 35.3 Å². The lowest BCUT2D eigenvalue weighted by molar-refractivity contribution is -0.138. The van der Waals surface area contributed by atoms with Crippen molar-refractivity contribution < 1.29 is 28.2 Å². The summed E-state index contributed by atoms with van der Waals surface area (Å²) in [5.74, 6) is -1.87. The summed E-state index contributed by atoms with van der Waals surface area (Å²) in [6, 6.07) is 17.8. The van der Waals surface area contributed by atoms with Crippen LogP contribution in [0.15, 0.2) is 82.6 Å². The smallest absolute Gasteiger partial charge is 0.325 e. The number of carboxylic acids is 1. The Balaban J connectivity index is 0.00000481. The number of carboxylic acid groups (broad SMARTS) is 1. The minimum absolute atomic E-state index is 0. The highest BCUT2D eigenvalue weighted by Crippen LogP contribution is 2.22. The van der Waals surface area contributed by atoms with Crippen molar-refractivity contribution in [3.8, 4) is 0 Å². The van der Waals surface area contributed by atoms with Crippen molar-refractivity contribution >= 4 is 45.7 Å². The molecule has 3 rings (SSSR count). The fourth-order valence-electron chi connectivity index (χ4n) is 3.42. The third-order valence-electron chi connectivity index (χ3n) is 5.52. The molecule has 4 N–H and O–H groups in total. The van der Waals surface area contributed by atoms with Crippen LogP contribution in [0.3, 0.4) is 0 Å². The van der Waals surface area contributed by atoms with Crippen LogP contribution in [0.2, 0.25) is 5.02 Å². The zero-order valence-electron chi connectivity index (χ0n) is 19.9. The van der Waals surface area contributed by atoms with E-state index in [-0.39, 0.29) is 27.8 Å². The lowest BCUT2D eigenvalue weighted by atomic mass is 10.1. The van der Waals surface area contributed by atoms with E-state index in [0.717, 1.165) is 11.1 Å². The molecule has 0 aliphatic heterocycles. The van der Waals surface area contributed by atoms with Gasteiger partial charge in [-0.25, -0.2) is 8.42 Å². The summed E-state index contributed by atoms with van der Waals surface area (Å²) in [6.45, 7) is 2.25. The molecule has 2 atom stereocenters. The Morgan fingerprint density at radius 1 is 0.973 bits per heavy atom. The Hall–Kier alpha value is -2.95. The molecule has 3 aromatic rings. The second-order valence-corrected chi connectivity index (χ2v) is 10.6. The van der Waals surface area contributed by atoms with Gasteiger partial charge in [0.15, 0.2) is 0 Å². The number of halogens is 2. The van der Waals surface area contributed by atoms with Gasteiger partial charge in [-0.3, -0.25) is 9.59 Å². The van der Waals surface area contributed by atoms with Gasteiger partial charge in [0, 0.05) is 17.1 Å². The van der Waals surface area contributed by atoms with Crippen LogP contribution in [0.4, 0.5) is 0 Å². The zero-order valence-corrected chi connectivity index (χ0v) is 22.3. The number of benzene rings is 3. The molecular formula is C26H28Cl2N2O6S. The molecule has 1 amide bonds. The predicted octanol–water partition coefficient (Wildman–Crippen LogP) is 3.66. The number of sulfone groups is 1. The Bertz CT molecular complexity index is 1330. The number of carbonyl (C=O) groups excluding carboxylic acids is 1. The Kier molecular flexibility index (Phi) is 11.1. The number of nitrogens with one attached hydrogen (secondary N) is 2. The number of rotatable bonds is 11. The summed E-state index contributed by atoms with van der Waals surface area (Å²) in [4.78, 5) is 23.3. The van der Waals surface area contributed by atoms with Gasteiger partial charge in [0.2, 0.25) is 9.84 Å². The fourth-order valence-corrected chi connectivity index (χ4v) is 4.93. The maximum absolute atomic E-state index is 13.1. The SMILES string of the molecule is C[C@H](NC(=O)c1cccc(S(=O)(=O)c2ccc(CCNC[C@@H](O)c3cccc(Cl)c3)cc2)c1)C(=O)O.Cl. The van der Waals surface area contributed by atoms with Gasteiger partial charge in [-0.15, -0.1) is 12.4 Å². The van der Waals surface area contributed by atoms with E-state index in [4.69, 9.17) is 16.7 Å². The van der Waals surface area contributed by atoms with Crippen LogP contribution in [0.1, 0.15) is 34.5 Å². The molecule has 8 nitrogen and oxygen atoms in total. The highest BCUT2D eigenvalue weighted by Gasteiger charge is 2.21. The molecule has 3 aromatic carbocycles. The van der Waals surface area contributed by atoms with Gasteiger partial charge in [-0.2, -0.15) is 0 Å². The molecule has 0 aliphatic rings. The van der Waals surface area contributed by atoms with E-state index in [2.05, 4.69) is 10.6 Å². The van der Waals surface area contributed by atoms with Gasteiger partial charge in [-0.1, -0.05) is 41.9 Å². The van der Waals surface area contributed by atoms with Crippen molar-refractivity contribution in [3.05, 3.63) is 94.5 Å². The van der Waals surface area contributed by atoms with E-state index in [1.807, 2.05) is 0 Å². The lowest BCUT2D eigenvalue weighted by Crippen LogP contribution is -2.38. The Morgan fingerprint density at radius 2 is 1.65 bits per heavy atom. The molecule has 0 bridgehead atoms. The summed E-state index contributed by atoms with van der Waals surface area (Å²) in [7, 11) is -3.88. The first-order chi connectivity index (χ1) is 17.1. The fraction of sp³-hybridized carbons (Fsp3) is 0.231. The lowest BCUT2D eigenvalue weighted by Gasteiger charge is -2.13. The monoisotopic (exact) mass is 566 g/mol. The van der Waals surface area contributed by atoms with E-state index >= 15 is 0 Å². The number of aliphatic hydroxyl groups is 1. The van der Waals surface area contributed by atoms with Crippen molar-refractivity contribution in [2.75, 3.05) is 13.1 Å².